The van der Waals surface area contributed by atoms with E-state index in [9.17, 15) is 30.9 Å². The largest absolute Gasteiger partial charge is 0.403 e. The number of nitrogens with one attached hydrogen (secondary N) is 1. The maximum absolute atomic E-state index is 12.7. The molecule has 0 amide bonds. The third-order valence-electron chi connectivity index (χ3n) is 3.36. The van der Waals surface area contributed by atoms with Crippen molar-refractivity contribution in [1.82, 2.24) is 9.99 Å². The van der Waals surface area contributed by atoms with Crippen molar-refractivity contribution in [1.29, 1.82) is 0 Å². The topological polar surface area (TPSA) is 72.8 Å². The Hall–Kier alpha value is -0.350. The van der Waals surface area contributed by atoms with Crippen molar-refractivity contribution in [2.24, 2.45) is 0 Å². The summed E-state index contributed by atoms with van der Waals surface area (Å²) in [6.07, 6.45) is -13.0. The highest BCUT2D eigenvalue weighted by atomic mass is 31.2. The van der Waals surface area contributed by atoms with Gasteiger partial charge in [-0.05, 0) is 6.92 Å². The Morgan fingerprint density at radius 3 is 2.14 bits per heavy atom. The van der Waals surface area contributed by atoms with Crippen LogP contribution in [-0.2, 0) is 4.57 Å². The molecule has 5 nitrogen and oxygen atoms in total. The summed E-state index contributed by atoms with van der Waals surface area (Å²) in [4.78, 5) is 18.3. The van der Waals surface area contributed by atoms with Gasteiger partial charge in [0.1, 0.15) is 0 Å². The first kappa shape index (κ1) is 18.7. The van der Waals surface area contributed by atoms with E-state index in [1.807, 2.05) is 0 Å². The van der Waals surface area contributed by atoms with E-state index in [-0.39, 0.29) is 11.2 Å². The van der Waals surface area contributed by atoms with Crippen LogP contribution in [0.1, 0.15) is 19.8 Å². The predicted molar refractivity (Wildman–Crippen MR) is 60.3 cm³/mol. The molecule has 1 saturated heterocycles. The van der Waals surface area contributed by atoms with E-state index in [1.165, 1.54) is 0 Å². The Balaban J connectivity index is 3.19. The number of hydrogen-bond donors (Lipinski definition) is 3. The molecule has 0 saturated carbocycles. The molecule has 2 atom stereocenters. The molecule has 1 fully saturated rings. The zero-order chi connectivity index (χ0) is 16.7. The monoisotopic (exact) mass is 344 g/mol. The molecule has 1 heterocycles. The second-order valence-corrected chi connectivity index (χ2v) is 6.62. The molecule has 21 heavy (non-hydrogen) atoms. The minimum Gasteiger partial charge on any atom is -0.312 e. The van der Waals surface area contributed by atoms with Crippen LogP contribution in [0.4, 0.5) is 26.3 Å². The van der Waals surface area contributed by atoms with Gasteiger partial charge in [0.15, 0.2) is 0 Å². The summed E-state index contributed by atoms with van der Waals surface area (Å²) in [5.74, 6) is 0. The van der Waals surface area contributed by atoms with Crippen LogP contribution in [-0.4, -0.2) is 51.5 Å². The van der Waals surface area contributed by atoms with Crippen LogP contribution in [0.5, 0.6) is 0 Å². The molecule has 126 valence electrons. The fraction of sp³-hybridized carbons (Fsp3) is 1.00. The average molecular weight is 344 g/mol. The summed E-state index contributed by atoms with van der Waals surface area (Å²) in [5, 5.41) is 2.29. The highest BCUT2D eigenvalue weighted by Crippen LogP contribution is 2.51. The molecule has 0 aromatic heterocycles. The molecule has 12 heteroatoms. The van der Waals surface area contributed by atoms with Crippen molar-refractivity contribution in [3.8, 4) is 0 Å². The lowest BCUT2D eigenvalue weighted by atomic mass is 9.84. The zero-order valence-corrected chi connectivity index (χ0v) is 11.8. The molecule has 2 unspecified atom stereocenters. The summed E-state index contributed by atoms with van der Waals surface area (Å²) in [6.45, 7) is 0.0483. The van der Waals surface area contributed by atoms with Crippen LogP contribution in [0.15, 0.2) is 0 Å². The van der Waals surface area contributed by atoms with Crippen LogP contribution < -0.4 is 5.32 Å². The summed E-state index contributed by atoms with van der Waals surface area (Å²) in [6, 6.07) is -1.78. The summed E-state index contributed by atoms with van der Waals surface area (Å²) in [5.41, 5.74) is -2.40. The number of hydrogen-bond acceptors (Lipinski definition) is 2. The number of halogens is 6. The summed E-state index contributed by atoms with van der Waals surface area (Å²) < 4.78 is 87.1. The lowest BCUT2D eigenvalue weighted by Crippen LogP contribution is -2.66. The number of nitrogens with zero attached hydrogens (tertiary/aromatic N) is 1. The van der Waals surface area contributed by atoms with Gasteiger partial charge in [0.05, 0.1) is 18.4 Å². The van der Waals surface area contributed by atoms with Crippen molar-refractivity contribution in [3.05, 3.63) is 0 Å². The van der Waals surface area contributed by atoms with Gasteiger partial charge < -0.3 is 15.1 Å². The first-order chi connectivity index (χ1) is 9.15. The van der Waals surface area contributed by atoms with E-state index in [4.69, 9.17) is 9.79 Å². The van der Waals surface area contributed by atoms with Crippen LogP contribution in [0, 0.1) is 0 Å². The Labute approximate surface area is 116 Å². The normalized spacial score (nSPS) is 29.7. The highest BCUT2D eigenvalue weighted by molar-refractivity contribution is 7.49. The molecule has 0 aromatic carbocycles. The number of alkyl halides is 6. The van der Waals surface area contributed by atoms with Crippen molar-refractivity contribution in [2.75, 3.05) is 13.1 Å². The van der Waals surface area contributed by atoms with Gasteiger partial charge in [0, 0.05) is 19.1 Å². The fourth-order valence-electron chi connectivity index (χ4n) is 2.57. The molecular weight excluding hydrogens is 329 g/mol. The Bertz CT molecular complexity index is 423. The fourth-order valence-corrected chi connectivity index (χ4v) is 3.74. The van der Waals surface area contributed by atoms with Crippen LogP contribution in [0.3, 0.4) is 0 Å². The molecular formula is C9H15F6N2O3P. The van der Waals surface area contributed by atoms with Crippen LogP contribution >= 0.6 is 7.75 Å². The van der Waals surface area contributed by atoms with E-state index in [2.05, 4.69) is 5.32 Å². The Kier molecular flexibility index (Phi) is 5.07. The van der Waals surface area contributed by atoms with Crippen molar-refractivity contribution in [2.45, 2.75) is 43.7 Å². The first-order valence-corrected chi connectivity index (χ1v) is 7.42. The van der Waals surface area contributed by atoms with Crippen molar-refractivity contribution < 1.29 is 40.7 Å². The van der Waals surface area contributed by atoms with Gasteiger partial charge in [-0.25, -0.2) is 9.24 Å². The maximum atomic E-state index is 12.7. The minimum absolute atomic E-state index is 0.209. The second-order valence-electron chi connectivity index (χ2n) is 5.11. The molecule has 0 aliphatic carbocycles. The molecule has 0 bridgehead atoms. The van der Waals surface area contributed by atoms with Gasteiger partial charge in [0.25, 0.3) is 0 Å². The molecule has 1 aliphatic rings. The summed E-state index contributed by atoms with van der Waals surface area (Å²) in [7, 11) is -5.13. The van der Waals surface area contributed by atoms with Gasteiger partial charge in [-0.3, -0.25) is 0 Å². The standard InChI is InChI=1S/C9H15F6N2O3P/c1-7(5-9(13,14)15)6(4-8(10,11)12)16-2-3-17(7)21(18,19)20/h6,16H,2-5H2,1H3,(H2,18,19,20). The summed E-state index contributed by atoms with van der Waals surface area (Å²) >= 11 is 0. The Morgan fingerprint density at radius 2 is 1.76 bits per heavy atom. The zero-order valence-electron chi connectivity index (χ0n) is 10.9. The minimum atomic E-state index is -5.13. The van der Waals surface area contributed by atoms with E-state index in [1.54, 1.807) is 0 Å². The van der Waals surface area contributed by atoms with Crippen LogP contribution in [0.2, 0.25) is 0 Å². The van der Waals surface area contributed by atoms with Gasteiger partial charge >= 0.3 is 20.1 Å². The van der Waals surface area contributed by atoms with E-state index < -0.39 is 51.1 Å². The first-order valence-electron chi connectivity index (χ1n) is 5.86. The van der Waals surface area contributed by atoms with Crippen LogP contribution in [0.25, 0.3) is 0 Å². The van der Waals surface area contributed by atoms with E-state index in [0.717, 1.165) is 6.92 Å². The Morgan fingerprint density at radius 1 is 1.24 bits per heavy atom. The van der Waals surface area contributed by atoms with Gasteiger partial charge in [-0.1, -0.05) is 0 Å². The maximum Gasteiger partial charge on any atom is 0.403 e. The van der Waals surface area contributed by atoms with E-state index >= 15 is 0 Å². The molecule has 0 spiro atoms. The average Bonchev–Trinajstić information content (AvgIpc) is 2.14. The number of rotatable bonds is 3. The lowest BCUT2D eigenvalue weighted by molar-refractivity contribution is -0.180. The SMILES string of the molecule is CC1(CC(F)(F)F)C(CC(F)(F)F)NCCN1P(=O)(O)O. The molecule has 0 aromatic rings. The lowest BCUT2D eigenvalue weighted by Gasteiger charge is -2.50. The third kappa shape index (κ3) is 5.10. The second kappa shape index (κ2) is 5.69. The number of piperazine rings is 1. The third-order valence-corrected chi connectivity index (χ3v) is 4.65. The van der Waals surface area contributed by atoms with Gasteiger partial charge in [-0.2, -0.15) is 26.3 Å². The van der Waals surface area contributed by atoms with Crippen molar-refractivity contribution in [3.63, 3.8) is 0 Å². The molecule has 0 radical (unpaired) electrons. The van der Waals surface area contributed by atoms with Crippen molar-refractivity contribution >= 4 is 7.75 Å². The van der Waals surface area contributed by atoms with Gasteiger partial charge in [-0.15, -0.1) is 0 Å². The van der Waals surface area contributed by atoms with Gasteiger partial charge in [0.2, 0.25) is 0 Å². The predicted octanol–water partition coefficient (Wildman–Crippen LogP) is 2.02. The molecule has 1 rings (SSSR count). The highest BCUT2D eigenvalue weighted by Gasteiger charge is 2.56. The van der Waals surface area contributed by atoms with E-state index in [0.29, 0.717) is 0 Å². The quantitative estimate of drug-likeness (QED) is 0.540. The smallest absolute Gasteiger partial charge is 0.312 e. The molecule has 1 aliphatic heterocycles. The molecule has 3 N–H and O–H groups in total.